The number of para-hydroxylation sites is 1. The molecule has 0 aliphatic carbocycles. The Morgan fingerprint density at radius 1 is 1.17 bits per heavy atom. The second-order valence-corrected chi connectivity index (χ2v) is 4.59. The van der Waals surface area contributed by atoms with Gasteiger partial charge in [-0.3, -0.25) is 14.9 Å². The third kappa shape index (κ3) is 3.86. The van der Waals surface area contributed by atoms with E-state index in [1.807, 2.05) is 0 Å². The number of nitrogens with one attached hydrogen (secondary N) is 1. The van der Waals surface area contributed by atoms with Crippen LogP contribution < -0.4 is 14.9 Å². The number of benzene rings is 2. The molecule has 0 unspecified atom stereocenters. The molecule has 8 nitrogen and oxygen atoms in total. The molecule has 0 spiro atoms. The van der Waals surface area contributed by atoms with Gasteiger partial charge in [0.25, 0.3) is 11.6 Å². The van der Waals surface area contributed by atoms with Crippen molar-refractivity contribution in [2.45, 2.75) is 0 Å². The largest absolute Gasteiger partial charge is 0.493 e. The van der Waals surface area contributed by atoms with Crippen LogP contribution in [0.4, 0.5) is 5.69 Å². The maximum absolute atomic E-state index is 11.9. The molecule has 0 saturated carbocycles. The molecular weight excluding hydrogens is 314 g/mol. The highest BCUT2D eigenvalue weighted by Crippen LogP contribution is 2.29. The molecule has 2 aromatic rings. The van der Waals surface area contributed by atoms with Crippen LogP contribution in [-0.4, -0.2) is 31.3 Å². The third-order valence-electron chi connectivity index (χ3n) is 3.14. The van der Waals surface area contributed by atoms with Gasteiger partial charge in [-0.05, 0) is 24.3 Å². The first-order valence-corrected chi connectivity index (χ1v) is 6.85. The number of methoxy groups -OCH3 is 2. The molecule has 2 aromatic carbocycles. The summed E-state index contributed by atoms with van der Waals surface area (Å²) < 4.78 is 10.4. The van der Waals surface area contributed by atoms with Crippen LogP contribution in [-0.2, 0) is 0 Å². The van der Waals surface area contributed by atoms with E-state index < -0.39 is 10.8 Å². The molecule has 24 heavy (non-hydrogen) atoms. The first-order chi connectivity index (χ1) is 11.6. The fourth-order valence-electron chi connectivity index (χ4n) is 1.97. The lowest BCUT2D eigenvalue weighted by molar-refractivity contribution is -0.384. The Bertz CT molecular complexity index is 772. The summed E-state index contributed by atoms with van der Waals surface area (Å²) in [6.07, 6.45) is 1.42. The molecule has 0 aromatic heterocycles. The summed E-state index contributed by atoms with van der Waals surface area (Å²) in [5.74, 6) is 0.555. The van der Waals surface area contributed by atoms with Crippen molar-refractivity contribution >= 4 is 17.8 Å². The van der Waals surface area contributed by atoms with Crippen LogP contribution in [0.2, 0.25) is 0 Å². The molecule has 0 atom stereocenters. The smallest absolute Gasteiger partial charge is 0.271 e. The highest BCUT2D eigenvalue weighted by molar-refractivity contribution is 5.95. The lowest BCUT2D eigenvalue weighted by atomic mass is 10.2. The van der Waals surface area contributed by atoms with Gasteiger partial charge in [-0.1, -0.05) is 6.07 Å². The maximum atomic E-state index is 11.9. The van der Waals surface area contributed by atoms with E-state index in [2.05, 4.69) is 10.5 Å². The number of non-ortho nitro benzene ring substituents is 1. The lowest BCUT2D eigenvalue weighted by Gasteiger charge is -2.09. The summed E-state index contributed by atoms with van der Waals surface area (Å²) >= 11 is 0. The fourth-order valence-corrected chi connectivity index (χ4v) is 1.97. The summed E-state index contributed by atoms with van der Waals surface area (Å²) in [4.78, 5) is 22.0. The summed E-state index contributed by atoms with van der Waals surface area (Å²) in [5, 5.41) is 14.4. The first kappa shape index (κ1) is 16.9. The number of nitro groups is 1. The first-order valence-electron chi connectivity index (χ1n) is 6.85. The van der Waals surface area contributed by atoms with Crippen molar-refractivity contribution in [3.8, 4) is 11.5 Å². The second kappa shape index (κ2) is 7.73. The molecule has 0 radical (unpaired) electrons. The quantitative estimate of drug-likeness (QED) is 0.498. The van der Waals surface area contributed by atoms with E-state index in [4.69, 9.17) is 9.47 Å². The number of amides is 1. The van der Waals surface area contributed by atoms with Crippen molar-refractivity contribution in [1.82, 2.24) is 5.43 Å². The summed E-state index contributed by atoms with van der Waals surface area (Å²) in [6.45, 7) is 0. The van der Waals surface area contributed by atoms with E-state index in [9.17, 15) is 14.9 Å². The predicted octanol–water partition coefficient (Wildman–Crippen LogP) is 2.38. The average molecular weight is 329 g/mol. The van der Waals surface area contributed by atoms with Gasteiger partial charge in [0.05, 0.1) is 25.4 Å². The van der Waals surface area contributed by atoms with Gasteiger partial charge in [-0.15, -0.1) is 0 Å². The van der Waals surface area contributed by atoms with Crippen LogP contribution in [0.5, 0.6) is 11.5 Å². The highest BCUT2D eigenvalue weighted by Gasteiger charge is 2.10. The normalized spacial score (nSPS) is 10.4. The van der Waals surface area contributed by atoms with Crippen molar-refractivity contribution in [3.05, 3.63) is 63.7 Å². The van der Waals surface area contributed by atoms with Crippen LogP contribution >= 0.6 is 0 Å². The Kier molecular flexibility index (Phi) is 5.45. The Labute approximate surface area is 137 Å². The van der Waals surface area contributed by atoms with Crippen LogP contribution in [0.15, 0.2) is 47.6 Å². The van der Waals surface area contributed by atoms with E-state index in [0.29, 0.717) is 17.1 Å². The third-order valence-corrected chi connectivity index (χ3v) is 3.14. The molecule has 0 saturated heterocycles. The zero-order valence-electron chi connectivity index (χ0n) is 13.1. The Morgan fingerprint density at radius 3 is 2.46 bits per heavy atom. The Morgan fingerprint density at radius 2 is 1.88 bits per heavy atom. The van der Waals surface area contributed by atoms with Gasteiger partial charge in [-0.2, -0.15) is 5.10 Å². The molecule has 0 bridgehead atoms. The number of nitro benzene ring substituents is 1. The molecule has 124 valence electrons. The molecule has 0 fully saturated rings. The molecule has 0 aliphatic rings. The van der Waals surface area contributed by atoms with Crippen LogP contribution in [0.25, 0.3) is 0 Å². The highest BCUT2D eigenvalue weighted by atomic mass is 16.6. The zero-order valence-corrected chi connectivity index (χ0v) is 13.1. The van der Waals surface area contributed by atoms with Crippen molar-refractivity contribution in [1.29, 1.82) is 0 Å². The molecule has 1 N–H and O–H groups in total. The van der Waals surface area contributed by atoms with E-state index in [1.165, 1.54) is 44.7 Å². The number of hydrogen-bond acceptors (Lipinski definition) is 6. The number of ether oxygens (including phenoxy) is 2. The second-order valence-electron chi connectivity index (χ2n) is 4.59. The van der Waals surface area contributed by atoms with Crippen LogP contribution in [0, 0.1) is 10.1 Å². The predicted molar refractivity (Wildman–Crippen MR) is 87.7 cm³/mol. The van der Waals surface area contributed by atoms with Crippen LogP contribution in [0.1, 0.15) is 15.9 Å². The van der Waals surface area contributed by atoms with Gasteiger partial charge in [0.15, 0.2) is 11.5 Å². The standard InChI is InChI=1S/C16H15N3O5/c1-23-14-5-3-4-12(15(14)24-2)10-17-18-16(20)11-6-8-13(9-7-11)19(21)22/h3-10H,1-2H3,(H,18,20)/b17-10-. The van der Waals surface area contributed by atoms with Crippen molar-refractivity contribution < 1.29 is 19.2 Å². The molecule has 2 rings (SSSR count). The van der Waals surface area contributed by atoms with Gasteiger partial charge < -0.3 is 9.47 Å². The van der Waals surface area contributed by atoms with Crippen molar-refractivity contribution in [2.24, 2.45) is 5.10 Å². The zero-order chi connectivity index (χ0) is 17.5. The SMILES string of the molecule is COc1cccc(/C=N\NC(=O)c2ccc([N+](=O)[O-])cc2)c1OC. The molecule has 8 heteroatoms. The maximum Gasteiger partial charge on any atom is 0.271 e. The van der Waals surface area contributed by atoms with Crippen molar-refractivity contribution in [3.63, 3.8) is 0 Å². The number of hydrazone groups is 1. The number of nitrogens with zero attached hydrogens (tertiary/aromatic N) is 2. The number of carbonyl (C=O) groups is 1. The topological polar surface area (TPSA) is 103 Å². The van der Waals surface area contributed by atoms with Gasteiger partial charge in [-0.25, -0.2) is 5.43 Å². The van der Waals surface area contributed by atoms with Crippen molar-refractivity contribution in [2.75, 3.05) is 14.2 Å². The average Bonchev–Trinajstić information content (AvgIpc) is 2.61. The Hall–Kier alpha value is -3.42. The van der Waals surface area contributed by atoms with Gasteiger partial charge in [0, 0.05) is 23.3 Å². The van der Waals surface area contributed by atoms with E-state index in [-0.39, 0.29) is 11.3 Å². The van der Waals surface area contributed by atoms with Crippen LogP contribution in [0.3, 0.4) is 0 Å². The summed E-state index contributed by atoms with van der Waals surface area (Å²) in [6, 6.07) is 10.5. The van der Waals surface area contributed by atoms with Gasteiger partial charge >= 0.3 is 0 Å². The minimum absolute atomic E-state index is 0.0869. The fraction of sp³-hybridized carbons (Fsp3) is 0.125. The minimum Gasteiger partial charge on any atom is -0.493 e. The van der Waals surface area contributed by atoms with Gasteiger partial charge in [0.1, 0.15) is 0 Å². The summed E-state index contributed by atoms with van der Waals surface area (Å²) in [7, 11) is 3.03. The molecule has 0 heterocycles. The lowest BCUT2D eigenvalue weighted by Crippen LogP contribution is -2.17. The van der Waals surface area contributed by atoms with E-state index >= 15 is 0 Å². The molecule has 1 amide bonds. The minimum atomic E-state index is -0.533. The molecular formula is C16H15N3O5. The van der Waals surface area contributed by atoms with E-state index in [0.717, 1.165) is 0 Å². The number of carbonyl (C=O) groups excluding carboxylic acids is 1. The van der Waals surface area contributed by atoms with E-state index in [1.54, 1.807) is 18.2 Å². The molecule has 0 aliphatic heterocycles. The summed E-state index contributed by atoms with van der Waals surface area (Å²) in [5.41, 5.74) is 3.15. The number of rotatable bonds is 6. The number of hydrogen-bond donors (Lipinski definition) is 1. The van der Waals surface area contributed by atoms with Gasteiger partial charge in [0.2, 0.25) is 0 Å². The monoisotopic (exact) mass is 329 g/mol. The Balaban J connectivity index is 2.08.